The topological polar surface area (TPSA) is 38.8 Å². The Labute approximate surface area is 122 Å². The van der Waals surface area contributed by atoms with Gasteiger partial charge >= 0.3 is 5.97 Å². The molecule has 1 saturated carbocycles. The standard InChI is InChI=1S/C16H29NO3/c1-2-20-15(18)14-19-13-12-17-10-8-16(9-11-17)6-4-3-5-7-16/h2-14H2,1H3. The molecule has 1 heterocycles. The molecule has 1 spiro atoms. The quantitative estimate of drug-likeness (QED) is 0.555. The van der Waals surface area contributed by atoms with Gasteiger partial charge in [0.05, 0.1) is 13.2 Å². The van der Waals surface area contributed by atoms with Crippen LogP contribution in [0.1, 0.15) is 51.9 Å². The summed E-state index contributed by atoms with van der Waals surface area (Å²) in [6, 6.07) is 0. The molecule has 20 heavy (non-hydrogen) atoms. The average molecular weight is 283 g/mol. The first-order chi connectivity index (χ1) is 9.74. The van der Waals surface area contributed by atoms with E-state index in [1.807, 2.05) is 6.92 Å². The van der Waals surface area contributed by atoms with Crippen molar-refractivity contribution >= 4 is 5.97 Å². The summed E-state index contributed by atoms with van der Waals surface area (Å²) in [6.07, 6.45) is 9.90. The Balaban J connectivity index is 1.56. The Morgan fingerprint density at radius 3 is 2.45 bits per heavy atom. The summed E-state index contributed by atoms with van der Waals surface area (Å²) in [6.45, 7) is 6.29. The summed E-state index contributed by atoms with van der Waals surface area (Å²) in [5.74, 6) is -0.257. The van der Waals surface area contributed by atoms with Gasteiger partial charge in [0.1, 0.15) is 6.61 Å². The number of rotatable bonds is 6. The molecule has 2 aliphatic rings. The van der Waals surface area contributed by atoms with Crippen LogP contribution in [0.15, 0.2) is 0 Å². The van der Waals surface area contributed by atoms with E-state index >= 15 is 0 Å². The van der Waals surface area contributed by atoms with E-state index < -0.39 is 0 Å². The number of esters is 1. The lowest BCUT2D eigenvalue weighted by atomic mass is 9.68. The highest BCUT2D eigenvalue weighted by molar-refractivity contribution is 5.70. The van der Waals surface area contributed by atoms with Crippen LogP contribution in [0.4, 0.5) is 0 Å². The minimum atomic E-state index is -0.257. The molecule has 0 amide bonds. The van der Waals surface area contributed by atoms with Gasteiger partial charge in [-0.25, -0.2) is 4.79 Å². The molecule has 2 fully saturated rings. The van der Waals surface area contributed by atoms with Gasteiger partial charge in [-0.3, -0.25) is 0 Å². The second kappa shape index (κ2) is 7.99. The van der Waals surface area contributed by atoms with E-state index in [-0.39, 0.29) is 12.6 Å². The van der Waals surface area contributed by atoms with Crippen molar-refractivity contribution < 1.29 is 14.3 Å². The fraction of sp³-hybridized carbons (Fsp3) is 0.938. The molecule has 0 radical (unpaired) electrons. The number of carbonyl (C=O) groups is 1. The Hall–Kier alpha value is -0.610. The average Bonchev–Trinajstić information content (AvgIpc) is 2.47. The Morgan fingerprint density at radius 1 is 1.10 bits per heavy atom. The highest BCUT2D eigenvalue weighted by Crippen LogP contribution is 2.44. The third-order valence-corrected chi connectivity index (χ3v) is 4.91. The molecular weight excluding hydrogens is 254 g/mol. The molecule has 4 heteroatoms. The van der Waals surface area contributed by atoms with Gasteiger partial charge in [0.25, 0.3) is 0 Å². The summed E-state index contributed by atoms with van der Waals surface area (Å²) < 4.78 is 10.2. The molecule has 4 nitrogen and oxygen atoms in total. The van der Waals surface area contributed by atoms with Crippen molar-refractivity contribution in [3.05, 3.63) is 0 Å². The number of ether oxygens (including phenoxy) is 2. The van der Waals surface area contributed by atoms with Gasteiger partial charge in [-0.1, -0.05) is 19.3 Å². The molecule has 0 aromatic heterocycles. The van der Waals surface area contributed by atoms with E-state index in [0.29, 0.717) is 18.6 Å². The summed E-state index contributed by atoms with van der Waals surface area (Å²) in [5, 5.41) is 0. The van der Waals surface area contributed by atoms with Crippen LogP contribution in [0.2, 0.25) is 0 Å². The van der Waals surface area contributed by atoms with E-state index in [1.54, 1.807) is 0 Å². The van der Waals surface area contributed by atoms with Crippen molar-refractivity contribution in [2.45, 2.75) is 51.9 Å². The van der Waals surface area contributed by atoms with Gasteiger partial charge in [0.2, 0.25) is 0 Å². The molecule has 0 atom stereocenters. The molecule has 116 valence electrons. The number of piperidine rings is 1. The van der Waals surface area contributed by atoms with Crippen LogP contribution in [-0.2, 0) is 14.3 Å². The fourth-order valence-corrected chi connectivity index (χ4v) is 3.60. The minimum Gasteiger partial charge on any atom is -0.464 e. The van der Waals surface area contributed by atoms with Crippen molar-refractivity contribution in [1.82, 2.24) is 4.90 Å². The van der Waals surface area contributed by atoms with E-state index in [1.165, 1.54) is 58.0 Å². The van der Waals surface area contributed by atoms with E-state index in [0.717, 1.165) is 6.54 Å². The van der Waals surface area contributed by atoms with E-state index in [2.05, 4.69) is 4.90 Å². The maximum atomic E-state index is 11.1. The lowest BCUT2D eigenvalue weighted by Gasteiger charge is -2.44. The predicted molar refractivity (Wildman–Crippen MR) is 78.6 cm³/mol. The van der Waals surface area contributed by atoms with E-state index in [9.17, 15) is 4.79 Å². The maximum absolute atomic E-state index is 11.1. The zero-order chi connectivity index (χ0) is 14.3. The molecule has 0 N–H and O–H groups in total. The van der Waals surface area contributed by atoms with Gasteiger partial charge in [-0.05, 0) is 51.1 Å². The molecule has 1 aliphatic carbocycles. The summed E-state index contributed by atoms with van der Waals surface area (Å²) in [4.78, 5) is 13.6. The maximum Gasteiger partial charge on any atom is 0.332 e. The number of likely N-dealkylation sites (tertiary alicyclic amines) is 1. The van der Waals surface area contributed by atoms with Gasteiger partial charge in [0, 0.05) is 6.54 Å². The van der Waals surface area contributed by atoms with Crippen molar-refractivity contribution in [3.63, 3.8) is 0 Å². The second-order valence-electron chi connectivity index (χ2n) is 6.26. The first kappa shape index (κ1) is 15.8. The van der Waals surface area contributed by atoms with Crippen molar-refractivity contribution in [2.75, 3.05) is 39.5 Å². The van der Waals surface area contributed by atoms with Crippen molar-refractivity contribution in [2.24, 2.45) is 5.41 Å². The predicted octanol–water partition coefficient (Wildman–Crippen LogP) is 2.61. The number of carbonyl (C=O) groups excluding carboxylic acids is 1. The molecule has 1 aliphatic heterocycles. The molecule has 0 aromatic carbocycles. The second-order valence-corrected chi connectivity index (χ2v) is 6.26. The lowest BCUT2D eigenvalue weighted by Crippen LogP contribution is -2.42. The van der Waals surface area contributed by atoms with Gasteiger partial charge in [-0.2, -0.15) is 0 Å². The molecule has 1 saturated heterocycles. The van der Waals surface area contributed by atoms with Gasteiger partial charge in [0.15, 0.2) is 0 Å². The minimum absolute atomic E-state index is 0.0889. The van der Waals surface area contributed by atoms with Gasteiger partial charge in [-0.15, -0.1) is 0 Å². The zero-order valence-corrected chi connectivity index (χ0v) is 12.9. The third kappa shape index (κ3) is 4.74. The zero-order valence-electron chi connectivity index (χ0n) is 12.9. The monoisotopic (exact) mass is 283 g/mol. The molecule has 0 aromatic rings. The number of nitrogens with zero attached hydrogens (tertiary/aromatic N) is 1. The first-order valence-corrected chi connectivity index (χ1v) is 8.20. The Bertz CT molecular complexity index is 290. The Morgan fingerprint density at radius 2 is 1.80 bits per heavy atom. The van der Waals surface area contributed by atoms with Crippen LogP contribution >= 0.6 is 0 Å². The molecule has 2 rings (SSSR count). The molecule has 0 unspecified atom stereocenters. The lowest BCUT2D eigenvalue weighted by molar-refractivity contribution is -0.148. The fourth-order valence-electron chi connectivity index (χ4n) is 3.60. The first-order valence-electron chi connectivity index (χ1n) is 8.20. The highest BCUT2D eigenvalue weighted by Gasteiger charge is 2.35. The van der Waals surface area contributed by atoms with Crippen molar-refractivity contribution in [1.29, 1.82) is 0 Å². The van der Waals surface area contributed by atoms with Crippen LogP contribution in [0.3, 0.4) is 0 Å². The summed E-state index contributed by atoms with van der Waals surface area (Å²) in [7, 11) is 0. The van der Waals surface area contributed by atoms with Crippen LogP contribution in [0.5, 0.6) is 0 Å². The highest BCUT2D eigenvalue weighted by atomic mass is 16.6. The molecular formula is C16H29NO3. The van der Waals surface area contributed by atoms with Crippen LogP contribution < -0.4 is 0 Å². The third-order valence-electron chi connectivity index (χ3n) is 4.91. The molecule has 0 bridgehead atoms. The van der Waals surface area contributed by atoms with Crippen molar-refractivity contribution in [3.8, 4) is 0 Å². The van der Waals surface area contributed by atoms with Crippen LogP contribution in [0.25, 0.3) is 0 Å². The number of hydrogen-bond donors (Lipinski definition) is 0. The van der Waals surface area contributed by atoms with E-state index in [4.69, 9.17) is 9.47 Å². The van der Waals surface area contributed by atoms with Crippen LogP contribution in [0, 0.1) is 5.41 Å². The smallest absolute Gasteiger partial charge is 0.332 e. The largest absolute Gasteiger partial charge is 0.464 e. The summed E-state index contributed by atoms with van der Waals surface area (Å²) >= 11 is 0. The normalized spacial score (nSPS) is 22.9. The van der Waals surface area contributed by atoms with Crippen LogP contribution in [-0.4, -0.2) is 50.3 Å². The Kier molecular flexibility index (Phi) is 6.30. The number of hydrogen-bond acceptors (Lipinski definition) is 4. The van der Waals surface area contributed by atoms with Gasteiger partial charge < -0.3 is 14.4 Å². The SMILES string of the molecule is CCOC(=O)COCCN1CCC2(CCCCC2)CC1. The summed E-state index contributed by atoms with van der Waals surface area (Å²) in [5.41, 5.74) is 0.667.